The Morgan fingerprint density at radius 2 is 1.56 bits per heavy atom. The maximum atomic E-state index is 15.0. The number of carboxylic acid groups (broad SMARTS) is 1. The van der Waals surface area contributed by atoms with Gasteiger partial charge in [-0.05, 0) is 65.8 Å². The van der Waals surface area contributed by atoms with Gasteiger partial charge in [-0.3, -0.25) is 19.2 Å². The molecule has 1 aliphatic heterocycles. The first kappa shape index (κ1) is 56.3. The molecule has 0 unspecified atom stereocenters. The second-order valence-corrected chi connectivity index (χ2v) is 20.4. The third kappa shape index (κ3) is 13.9. The van der Waals surface area contributed by atoms with E-state index in [1.54, 1.807) is 0 Å². The molecule has 5 rings (SSSR count). The molecule has 72 heavy (non-hydrogen) atoms. The molecule has 22 nitrogen and oxygen atoms in total. The molecular weight excluding hydrogens is 955 g/mol. The number of anilines is 1. The van der Waals surface area contributed by atoms with Gasteiger partial charge in [0, 0.05) is 68.6 Å². The minimum atomic E-state index is -4.49. The number of rotatable bonds is 18. The number of aryl methyl sites for hydroxylation is 2. The number of Topliss-reactive ketones (excluding diaryl/α,β-unsaturated/α-hetero) is 2. The normalized spacial score (nSPS) is 17.8. The summed E-state index contributed by atoms with van der Waals surface area (Å²) in [6.45, 7) is 9.04. The van der Waals surface area contributed by atoms with Gasteiger partial charge in [0.25, 0.3) is 10.2 Å². The number of nitrogens with two attached hydrogens (primary N) is 4. The molecule has 0 aliphatic carbocycles. The Balaban J connectivity index is 1.67. The second kappa shape index (κ2) is 23.3. The van der Waals surface area contributed by atoms with Crippen molar-refractivity contribution in [1.29, 1.82) is 0 Å². The Kier molecular flexibility index (Phi) is 18.2. The van der Waals surface area contributed by atoms with Crippen LogP contribution in [0.15, 0.2) is 48.5 Å². The lowest BCUT2D eigenvalue weighted by Crippen LogP contribution is -2.46. The van der Waals surface area contributed by atoms with Crippen molar-refractivity contribution in [2.45, 2.75) is 90.5 Å². The zero-order chi connectivity index (χ0) is 53.6. The number of hydrogen-bond donors (Lipinski definition) is 10. The van der Waals surface area contributed by atoms with Crippen LogP contribution in [0.3, 0.4) is 0 Å². The molecule has 14 N–H and O–H groups in total. The van der Waals surface area contributed by atoms with Crippen LogP contribution in [0, 0.1) is 25.7 Å². The van der Waals surface area contributed by atoms with E-state index in [1.807, 2.05) is 25.1 Å². The predicted octanol–water partition coefficient (Wildman–Crippen LogP) is 1.31. The lowest BCUT2D eigenvalue weighted by molar-refractivity contribution is -0.143. The molecule has 1 aliphatic rings. The van der Waals surface area contributed by atoms with Crippen LogP contribution < -0.4 is 41.9 Å². The Labute approximate surface area is 417 Å². The van der Waals surface area contributed by atoms with Crippen molar-refractivity contribution in [1.82, 2.24) is 24.9 Å². The van der Waals surface area contributed by atoms with Crippen LogP contribution in [0.2, 0.25) is 0 Å². The molecule has 3 aromatic carbocycles. The Morgan fingerprint density at radius 1 is 0.917 bits per heavy atom. The van der Waals surface area contributed by atoms with Crippen LogP contribution in [0.25, 0.3) is 22.5 Å². The summed E-state index contributed by atoms with van der Waals surface area (Å²) in [5.41, 5.74) is 20.4. The van der Waals surface area contributed by atoms with E-state index >= 15 is 0 Å². The maximum Gasteiger partial charge on any atom is 0.326 e. The van der Waals surface area contributed by atoms with Crippen LogP contribution in [0.4, 0.5) is 5.82 Å². The molecule has 2 heterocycles. The number of carboxylic acids is 1. The number of fused-ring (bicyclic) bond motifs is 5. The van der Waals surface area contributed by atoms with Crippen molar-refractivity contribution in [2.24, 2.45) is 28.4 Å². The number of phenolic OH excluding ortho intramolecular Hbond substituents is 1. The SMILES string of the molecule is Cc1cc(C(C)(C)C)ccc1-c1nc(C)c(C(=O)C[C@@H](CNS(N)(=O)=O)C(=O)N(C)[C@@H]2C(=O)C[C@@H](C)C(=O)N[C@H](C(=O)O)Cc3ccc(OC[C@H](O)CN)c(c3)-c3cc2cc(OC[C@H](O)CN)c3O)c(N)n1. The lowest BCUT2D eigenvalue weighted by atomic mass is 9.85. The number of ether oxygens (including phenoxy) is 2. The van der Waals surface area contributed by atoms with E-state index < -0.39 is 107 Å². The van der Waals surface area contributed by atoms with E-state index in [0.29, 0.717) is 11.1 Å². The summed E-state index contributed by atoms with van der Waals surface area (Å²) in [7, 11) is -3.29. The van der Waals surface area contributed by atoms with Gasteiger partial charge in [0.05, 0.1) is 17.2 Å². The van der Waals surface area contributed by atoms with Gasteiger partial charge >= 0.3 is 5.97 Å². The number of phenols is 1. The number of carbonyl (C=O) groups is 5. The van der Waals surface area contributed by atoms with Crippen molar-refractivity contribution in [3.05, 3.63) is 82.0 Å². The fourth-order valence-corrected chi connectivity index (χ4v) is 8.61. The van der Waals surface area contributed by atoms with Gasteiger partial charge in [-0.1, -0.05) is 52.0 Å². The molecule has 2 amide bonds. The summed E-state index contributed by atoms with van der Waals surface area (Å²) in [6.07, 6.45) is -3.98. The van der Waals surface area contributed by atoms with E-state index in [4.69, 9.17) is 31.8 Å². The maximum absolute atomic E-state index is 15.0. The van der Waals surface area contributed by atoms with Crippen LogP contribution in [0.5, 0.6) is 17.2 Å². The summed E-state index contributed by atoms with van der Waals surface area (Å²) in [6, 6.07) is 9.53. The number of nitrogens with one attached hydrogen (secondary N) is 2. The van der Waals surface area contributed by atoms with Gasteiger partial charge in [-0.2, -0.15) is 8.42 Å². The van der Waals surface area contributed by atoms with E-state index in [9.17, 15) is 52.8 Å². The van der Waals surface area contributed by atoms with Gasteiger partial charge in [-0.25, -0.2) is 24.6 Å². The number of nitrogen functional groups attached to an aromatic ring is 1. The monoisotopic (exact) mass is 1020 g/mol. The number of hydrogen-bond acceptors (Lipinski definition) is 17. The molecule has 1 aromatic heterocycles. The van der Waals surface area contributed by atoms with E-state index in [1.165, 1.54) is 51.2 Å². The number of aromatic nitrogens is 2. The van der Waals surface area contributed by atoms with Gasteiger partial charge in [0.15, 0.2) is 28.9 Å². The number of benzene rings is 3. The van der Waals surface area contributed by atoms with Crippen molar-refractivity contribution in [3.8, 4) is 39.8 Å². The fourth-order valence-electron chi connectivity index (χ4n) is 8.18. The van der Waals surface area contributed by atoms with Gasteiger partial charge < -0.3 is 57.3 Å². The number of nitrogens with zero attached hydrogens (tertiary/aromatic N) is 3. The zero-order valence-electron chi connectivity index (χ0n) is 41.3. The third-order valence-electron chi connectivity index (χ3n) is 12.2. The Hall–Kier alpha value is -6.60. The molecule has 23 heteroatoms. The van der Waals surface area contributed by atoms with E-state index in [2.05, 4.69) is 40.8 Å². The number of ketones is 2. The van der Waals surface area contributed by atoms with Crippen molar-refractivity contribution < 1.29 is 62.3 Å². The smallest absolute Gasteiger partial charge is 0.326 e. The summed E-state index contributed by atoms with van der Waals surface area (Å²) in [5, 5.41) is 50.6. The van der Waals surface area contributed by atoms with Crippen LogP contribution in [-0.4, -0.2) is 131 Å². The first-order chi connectivity index (χ1) is 33.6. The average Bonchev–Trinajstić information content (AvgIpc) is 3.30. The highest BCUT2D eigenvalue weighted by atomic mass is 32.2. The van der Waals surface area contributed by atoms with Crippen LogP contribution >= 0.6 is 0 Å². The lowest BCUT2D eigenvalue weighted by Gasteiger charge is -2.32. The third-order valence-corrected chi connectivity index (χ3v) is 12.8. The minimum Gasteiger partial charge on any atom is -0.504 e. The summed E-state index contributed by atoms with van der Waals surface area (Å²) >= 11 is 0. The standard InChI is InChI=1S/C49H65N9O13S/c1-24-12-30(49(4,5)6)9-10-33(24)45-55-26(3)41(44(52)57-45)37(61)17-29(21-54-72(53,68)69)47(65)58(7)42-28-16-35(43(63)40(18-28)71-23-32(60)20-51)34-14-27(8-11-39(34)70-22-31(59)19-50)15-36(48(66)67)56-46(64)25(2)13-38(42)62/h8-12,14,16,18,25,29,31-32,36,42,54,59-60,63H,13,15,17,19-23,50-51H2,1-7H3,(H,56,64)(H,66,67)(H2,52,55,57)(H2,53,68,69)/t25-,29+,31-,32-,36+,42+/m1/s1. The highest BCUT2D eigenvalue weighted by Crippen LogP contribution is 2.45. The topological polar surface area (TPSA) is 376 Å². The van der Waals surface area contributed by atoms with Crippen LogP contribution in [-0.2, 0) is 41.2 Å². The number of carbonyl (C=O) groups excluding carboxylic acids is 4. The molecule has 4 bridgehead atoms. The first-order valence-electron chi connectivity index (χ1n) is 23.0. The van der Waals surface area contributed by atoms with Gasteiger partial charge in [0.1, 0.15) is 49.1 Å². The van der Waals surface area contributed by atoms with Crippen molar-refractivity contribution in [3.63, 3.8) is 0 Å². The van der Waals surface area contributed by atoms with Crippen molar-refractivity contribution in [2.75, 3.05) is 45.6 Å². The number of aliphatic carboxylic acids is 1. The summed E-state index contributed by atoms with van der Waals surface area (Å²) in [4.78, 5) is 80.3. The highest BCUT2D eigenvalue weighted by Gasteiger charge is 2.38. The second-order valence-electron chi connectivity index (χ2n) is 19.1. The van der Waals surface area contributed by atoms with E-state index in [0.717, 1.165) is 16.0 Å². The fraction of sp³-hybridized carbons (Fsp3) is 0.449. The number of aromatic hydroxyl groups is 1. The first-order valence-corrected chi connectivity index (χ1v) is 24.6. The Bertz CT molecular complexity index is 2800. The highest BCUT2D eigenvalue weighted by molar-refractivity contribution is 7.87. The van der Waals surface area contributed by atoms with Crippen molar-refractivity contribution >= 4 is 45.4 Å². The average molecular weight is 1020 g/mol. The number of likely N-dealkylation sites (N-methyl/N-ethyl adjacent to an activating group) is 1. The molecule has 0 fully saturated rings. The summed E-state index contributed by atoms with van der Waals surface area (Å²) < 4.78 is 38.5. The number of amides is 2. The molecule has 4 aromatic rings. The molecule has 6 atom stereocenters. The molecule has 390 valence electrons. The molecule has 0 saturated heterocycles. The van der Waals surface area contributed by atoms with Crippen LogP contribution in [0.1, 0.15) is 84.9 Å². The van der Waals surface area contributed by atoms with Gasteiger partial charge in [0.2, 0.25) is 11.8 Å². The predicted molar refractivity (Wildman–Crippen MR) is 266 cm³/mol. The number of aliphatic hydroxyl groups is 2. The zero-order valence-corrected chi connectivity index (χ0v) is 42.1. The Morgan fingerprint density at radius 3 is 2.12 bits per heavy atom. The minimum absolute atomic E-state index is 0.0309. The summed E-state index contributed by atoms with van der Waals surface area (Å²) in [5.74, 6) is -8.40. The van der Waals surface area contributed by atoms with E-state index in [-0.39, 0.29) is 82.6 Å². The quantitative estimate of drug-likeness (QED) is 0.0628. The molecular formula is C49H65N9O13S. The largest absolute Gasteiger partial charge is 0.504 e. The molecule has 0 spiro atoms. The molecule has 0 saturated carbocycles. The molecule has 0 radical (unpaired) electrons. The van der Waals surface area contributed by atoms with Gasteiger partial charge in [-0.15, -0.1) is 0 Å². The number of aliphatic hydroxyl groups excluding tert-OH is 2.